The van der Waals surface area contributed by atoms with E-state index < -0.39 is 11.6 Å². The average molecular weight is 429 g/mol. The smallest absolute Gasteiger partial charge is 0.326 e. The number of piperazine rings is 1. The first-order valence-corrected chi connectivity index (χ1v) is 10.7. The van der Waals surface area contributed by atoms with Gasteiger partial charge >= 0.3 is 6.03 Å². The van der Waals surface area contributed by atoms with Crippen molar-refractivity contribution in [3.63, 3.8) is 0 Å². The monoisotopic (exact) mass is 429 g/mol. The maximum absolute atomic E-state index is 13.2. The molecule has 1 atom stereocenters. The maximum Gasteiger partial charge on any atom is 0.326 e. The molecule has 1 saturated carbocycles. The van der Waals surface area contributed by atoms with E-state index in [-0.39, 0.29) is 25.3 Å². The van der Waals surface area contributed by atoms with E-state index in [1.54, 1.807) is 25.1 Å². The summed E-state index contributed by atoms with van der Waals surface area (Å²) in [6, 6.07) is 5.24. The van der Waals surface area contributed by atoms with E-state index in [4.69, 9.17) is 9.47 Å². The minimum atomic E-state index is -1.15. The summed E-state index contributed by atoms with van der Waals surface area (Å²) in [5.74, 6) is 0.984. The summed E-state index contributed by atoms with van der Waals surface area (Å²) in [6.07, 6.45) is 2.16. The van der Waals surface area contributed by atoms with Gasteiger partial charge in [0.05, 0.1) is 13.2 Å². The van der Waals surface area contributed by atoms with Crippen molar-refractivity contribution < 1.29 is 23.9 Å². The van der Waals surface area contributed by atoms with Crippen LogP contribution in [-0.4, -0.2) is 84.8 Å². The molecule has 4 amide bonds. The number of benzene rings is 1. The van der Waals surface area contributed by atoms with E-state index >= 15 is 0 Å². The van der Waals surface area contributed by atoms with Crippen LogP contribution in [-0.2, 0) is 15.1 Å². The molecule has 31 heavy (non-hydrogen) atoms. The lowest BCUT2D eigenvalue weighted by molar-refractivity contribution is -0.132. The van der Waals surface area contributed by atoms with E-state index in [1.807, 2.05) is 0 Å². The fourth-order valence-electron chi connectivity index (χ4n) is 4.22. The Morgan fingerprint density at radius 1 is 1.13 bits per heavy atom. The first kappa shape index (κ1) is 20.1. The highest BCUT2D eigenvalue weighted by molar-refractivity contribution is 6.07. The van der Waals surface area contributed by atoms with Gasteiger partial charge in [-0.2, -0.15) is 0 Å². The van der Waals surface area contributed by atoms with Gasteiger partial charge in [-0.05, 0) is 37.5 Å². The molecule has 1 aliphatic carbocycles. The minimum Gasteiger partial charge on any atom is -0.454 e. The van der Waals surface area contributed by atoms with Crippen molar-refractivity contribution in [3.8, 4) is 11.5 Å². The van der Waals surface area contributed by atoms with E-state index in [1.165, 1.54) is 4.90 Å². The Hall–Kier alpha value is -2.85. The lowest BCUT2D eigenvalue weighted by Crippen LogP contribution is -2.53. The largest absolute Gasteiger partial charge is 0.454 e. The number of carbonyl (C=O) groups is 3. The molecule has 0 bridgehead atoms. The molecule has 3 heterocycles. The number of hydrogen-bond acceptors (Lipinski definition) is 7. The minimum absolute atomic E-state index is 0.0736. The second-order valence-electron chi connectivity index (χ2n) is 8.73. The Labute approximate surface area is 180 Å². The zero-order chi connectivity index (χ0) is 21.6. The molecule has 0 radical (unpaired) electrons. The van der Waals surface area contributed by atoms with Gasteiger partial charge < -0.3 is 20.1 Å². The Kier molecular flexibility index (Phi) is 4.98. The van der Waals surface area contributed by atoms with Gasteiger partial charge in [0.1, 0.15) is 5.54 Å². The van der Waals surface area contributed by atoms with Crippen molar-refractivity contribution in [2.45, 2.75) is 31.3 Å². The summed E-state index contributed by atoms with van der Waals surface area (Å²) in [5, 5.41) is 5.84. The third-order valence-corrected chi connectivity index (χ3v) is 6.34. The Morgan fingerprint density at radius 2 is 1.84 bits per heavy atom. The fourth-order valence-corrected chi connectivity index (χ4v) is 4.22. The SMILES string of the molecule is C[C@@]1(c2ccc3c(c2)OCO3)NC(=O)N(CN2CCN(CC(=O)NC3CC3)CC2)C1=O. The summed E-state index contributed by atoms with van der Waals surface area (Å²) < 4.78 is 10.7. The highest BCUT2D eigenvalue weighted by Gasteiger charge is 2.49. The topological polar surface area (TPSA) is 103 Å². The molecule has 2 saturated heterocycles. The number of carbonyl (C=O) groups excluding carboxylic acids is 3. The number of ether oxygens (including phenoxy) is 2. The van der Waals surface area contributed by atoms with Crippen LogP contribution in [0.1, 0.15) is 25.3 Å². The summed E-state index contributed by atoms with van der Waals surface area (Å²) in [6.45, 7) is 5.31. The second kappa shape index (κ2) is 7.69. The number of urea groups is 1. The van der Waals surface area contributed by atoms with Crippen molar-refractivity contribution in [2.75, 3.05) is 46.2 Å². The summed E-state index contributed by atoms with van der Waals surface area (Å²) in [5.41, 5.74) is -0.495. The normalized spacial score (nSPS) is 26.3. The van der Waals surface area contributed by atoms with E-state index in [2.05, 4.69) is 20.4 Å². The number of hydrogen-bond donors (Lipinski definition) is 2. The van der Waals surface area contributed by atoms with Crippen LogP contribution < -0.4 is 20.1 Å². The van der Waals surface area contributed by atoms with Crippen LogP contribution in [0.2, 0.25) is 0 Å². The summed E-state index contributed by atoms with van der Waals surface area (Å²) >= 11 is 0. The van der Waals surface area contributed by atoms with Crippen LogP contribution in [0.4, 0.5) is 4.79 Å². The van der Waals surface area contributed by atoms with Gasteiger partial charge in [-0.3, -0.25) is 19.4 Å². The van der Waals surface area contributed by atoms with Gasteiger partial charge in [0.15, 0.2) is 11.5 Å². The number of amides is 4. The molecule has 2 N–H and O–H groups in total. The van der Waals surface area contributed by atoms with Crippen LogP contribution in [0.25, 0.3) is 0 Å². The predicted molar refractivity (Wildman–Crippen MR) is 109 cm³/mol. The van der Waals surface area contributed by atoms with Crippen LogP contribution in [0, 0.1) is 0 Å². The third kappa shape index (κ3) is 3.92. The van der Waals surface area contributed by atoms with Crippen LogP contribution in [0.15, 0.2) is 18.2 Å². The zero-order valence-electron chi connectivity index (χ0n) is 17.6. The highest BCUT2D eigenvalue weighted by atomic mass is 16.7. The Morgan fingerprint density at radius 3 is 2.58 bits per heavy atom. The predicted octanol–water partition coefficient (Wildman–Crippen LogP) is 0.0360. The number of nitrogens with zero attached hydrogens (tertiary/aromatic N) is 3. The molecule has 0 spiro atoms. The molecule has 166 valence electrons. The molecule has 10 nitrogen and oxygen atoms in total. The molecule has 10 heteroatoms. The number of fused-ring (bicyclic) bond motifs is 1. The van der Waals surface area contributed by atoms with E-state index in [0.29, 0.717) is 42.7 Å². The van der Waals surface area contributed by atoms with Crippen molar-refractivity contribution in [2.24, 2.45) is 0 Å². The van der Waals surface area contributed by atoms with Gasteiger partial charge in [0.25, 0.3) is 5.91 Å². The fraction of sp³-hybridized carbons (Fsp3) is 0.571. The maximum atomic E-state index is 13.2. The van der Waals surface area contributed by atoms with Gasteiger partial charge in [-0.15, -0.1) is 0 Å². The van der Waals surface area contributed by atoms with Gasteiger partial charge in [0.2, 0.25) is 12.7 Å². The molecule has 1 aromatic carbocycles. The third-order valence-electron chi connectivity index (χ3n) is 6.34. The number of nitrogens with one attached hydrogen (secondary N) is 2. The van der Waals surface area contributed by atoms with E-state index in [9.17, 15) is 14.4 Å². The Balaban J connectivity index is 1.18. The molecule has 0 unspecified atom stereocenters. The van der Waals surface area contributed by atoms with Gasteiger partial charge in [0, 0.05) is 32.2 Å². The lowest BCUT2D eigenvalue weighted by Gasteiger charge is -2.35. The lowest BCUT2D eigenvalue weighted by atomic mass is 9.92. The average Bonchev–Trinajstić information content (AvgIpc) is 3.38. The van der Waals surface area contributed by atoms with Crippen molar-refractivity contribution >= 4 is 17.8 Å². The first-order valence-electron chi connectivity index (χ1n) is 10.7. The molecule has 3 aliphatic heterocycles. The van der Waals surface area contributed by atoms with Gasteiger partial charge in [-0.25, -0.2) is 9.69 Å². The highest BCUT2D eigenvalue weighted by Crippen LogP contribution is 2.37. The number of rotatable bonds is 6. The summed E-state index contributed by atoms with van der Waals surface area (Å²) in [4.78, 5) is 43.3. The molecule has 5 rings (SSSR count). The zero-order valence-corrected chi connectivity index (χ0v) is 17.6. The van der Waals surface area contributed by atoms with Crippen LogP contribution in [0.5, 0.6) is 11.5 Å². The molecular weight excluding hydrogens is 402 g/mol. The van der Waals surface area contributed by atoms with Crippen LogP contribution >= 0.6 is 0 Å². The van der Waals surface area contributed by atoms with Gasteiger partial charge in [-0.1, -0.05) is 6.07 Å². The first-order chi connectivity index (χ1) is 14.9. The second-order valence-corrected chi connectivity index (χ2v) is 8.73. The molecule has 1 aromatic rings. The molecular formula is C21H27N5O5. The number of imide groups is 1. The van der Waals surface area contributed by atoms with Crippen molar-refractivity contribution in [1.29, 1.82) is 0 Å². The van der Waals surface area contributed by atoms with Crippen molar-refractivity contribution in [3.05, 3.63) is 23.8 Å². The quantitative estimate of drug-likeness (QED) is 0.616. The van der Waals surface area contributed by atoms with Crippen molar-refractivity contribution in [1.82, 2.24) is 25.3 Å². The Bertz CT molecular complexity index is 911. The van der Waals surface area contributed by atoms with Crippen LogP contribution in [0.3, 0.4) is 0 Å². The molecule has 0 aromatic heterocycles. The molecule has 4 aliphatic rings. The standard InChI is InChI=1S/C21H27N5O5/c1-21(14-2-5-16-17(10-14)31-13-30-16)19(28)26(20(29)23-21)12-25-8-6-24(7-9-25)11-18(27)22-15-3-4-15/h2,5,10,15H,3-4,6-9,11-13H2,1H3,(H,22,27)(H,23,29)/t21-/m0/s1. The summed E-state index contributed by atoms with van der Waals surface area (Å²) in [7, 11) is 0. The molecule has 3 fully saturated rings. The van der Waals surface area contributed by atoms with E-state index in [0.717, 1.165) is 25.9 Å².